The van der Waals surface area contributed by atoms with E-state index in [2.05, 4.69) is 29.3 Å². The number of nitrogens with one attached hydrogen (secondary N) is 1. The number of anilines is 1. The van der Waals surface area contributed by atoms with Gasteiger partial charge in [0.25, 0.3) is 0 Å². The van der Waals surface area contributed by atoms with Crippen LogP contribution in [0.25, 0.3) is 22.3 Å². The second-order valence-electron chi connectivity index (χ2n) is 6.79. The van der Waals surface area contributed by atoms with Gasteiger partial charge in [-0.15, -0.1) is 0 Å². The zero-order chi connectivity index (χ0) is 17.7. The van der Waals surface area contributed by atoms with E-state index in [0.717, 1.165) is 23.7 Å². The maximum absolute atomic E-state index is 12.3. The van der Waals surface area contributed by atoms with Crippen LogP contribution < -0.4 is 5.32 Å². The second-order valence-corrected chi connectivity index (χ2v) is 6.79. The molecular weight excluding hydrogens is 318 g/mol. The third-order valence-corrected chi connectivity index (χ3v) is 4.59. The normalized spacial score (nSPS) is 14.4. The summed E-state index contributed by atoms with van der Waals surface area (Å²) in [5.41, 5.74) is 2.67. The molecule has 1 fully saturated rings. The van der Waals surface area contributed by atoms with Crippen LogP contribution in [0.3, 0.4) is 0 Å². The first-order chi connectivity index (χ1) is 12.0. The highest BCUT2D eigenvalue weighted by Gasteiger charge is 2.35. The van der Waals surface area contributed by atoms with Crippen molar-refractivity contribution in [3.05, 3.63) is 23.6 Å². The van der Waals surface area contributed by atoms with E-state index < -0.39 is 0 Å². The Bertz CT molecular complexity index is 965. The Balaban J connectivity index is 2.03. The minimum Gasteiger partial charge on any atom is -0.373 e. The van der Waals surface area contributed by atoms with Gasteiger partial charge in [0.1, 0.15) is 17.2 Å². The Morgan fingerprint density at radius 3 is 2.72 bits per heavy atom. The first-order valence-electron chi connectivity index (χ1n) is 8.58. The highest BCUT2D eigenvalue weighted by Crippen LogP contribution is 2.45. The number of aromatic nitrogens is 4. The van der Waals surface area contributed by atoms with E-state index in [-0.39, 0.29) is 11.8 Å². The number of ketones is 1. The molecule has 25 heavy (non-hydrogen) atoms. The standard InChI is InChI=1S/C18H21N5O2/c1-9(2)23-12-7-8-20-18(19-4)14(12)15(21-23)16-13(10(3)24)17(25-22-16)11-5-6-11/h7-9,11H,5-6H2,1-4H3,(H,19,20). The summed E-state index contributed by atoms with van der Waals surface area (Å²) in [6.07, 6.45) is 3.83. The molecular formula is C18H21N5O2. The molecule has 3 aromatic heterocycles. The molecule has 4 rings (SSSR count). The average molecular weight is 339 g/mol. The molecule has 1 N–H and O–H groups in total. The van der Waals surface area contributed by atoms with Gasteiger partial charge in [0.05, 0.1) is 16.5 Å². The predicted octanol–water partition coefficient (Wildman–Crippen LogP) is 3.79. The van der Waals surface area contributed by atoms with Crippen LogP contribution in [0, 0.1) is 0 Å². The summed E-state index contributed by atoms with van der Waals surface area (Å²) < 4.78 is 7.50. The Morgan fingerprint density at radius 2 is 2.12 bits per heavy atom. The largest absolute Gasteiger partial charge is 0.373 e. The number of hydrogen-bond acceptors (Lipinski definition) is 6. The smallest absolute Gasteiger partial charge is 0.165 e. The van der Waals surface area contributed by atoms with Crippen molar-refractivity contribution >= 4 is 22.5 Å². The van der Waals surface area contributed by atoms with Gasteiger partial charge >= 0.3 is 0 Å². The molecule has 0 amide bonds. The average Bonchev–Trinajstić information content (AvgIpc) is 3.20. The van der Waals surface area contributed by atoms with E-state index >= 15 is 0 Å². The van der Waals surface area contributed by atoms with Crippen LogP contribution in [0.1, 0.15) is 61.7 Å². The van der Waals surface area contributed by atoms with Crippen molar-refractivity contribution in [2.24, 2.45) is 0 Å². The lowest BCUT2D eigenvalue weighted by Gasteiger charge is -2.07. The van der Waals surface area contributed by atoms with Crippen LogP contribution in [-0.4, -0.2) is 32.8 Å². The van der Waals surface area contributed by atoms with Gasteiger partial charge < -0.3 is 9.84 Å². The lowest BCUT2D eigenvalue weighted by Crippen LogP contribution is -2.03. The van der Waals surface area contributed by atoms with E-state index in [1.165, 1.54) is 0 Å². The number of nitrogens with zero attached hydrogens (tertiary/aromatic N) is 4. The molecule has 130 valence electrons. The van der Waals surface area contributed by atoms with Crippen molar-refractivity contribution in [2.45, 2.75) is 45.6 Å². The zero-order valence-corrected chi connectivity index (χ0v) is 14.8. The Kier molecular flexibility index (Phi) is 3.59. The molecule has 0 bridgehead atoms. The minimum atomic E-state index is -0.0414. The molecule has 0 spiro atoms. The van der Waals surface area contributed by atoms with Gasteiger partial charge in [0.2, 0.25) is 0 Å². The maximum Gasteiger partial charge on any atom is 0.165 e. The van der Waals surface area contributed by atoms with Gasteiger partial charge in [0.15, 0.2) is 11.5 Å². The van der Waals surface area contributed by atoms with Gasteiger partial charge in [-0.05, 0) is 39.7 Å². The van der Waals surface area contributed by atoms with Gasteiger partial charge in [-0.25, -0.2) is 4.98 Å². The summed E-state index contributed by atoms with van der Waals surface area (Å²) in [6.45, 7) is 5.70. The molecule has 7 nitrogen and oxygen atoms in total. The highest BCUT2D eigenvalue weighted by molar-refractivity contribution is 6.07. The number of hydrogen-bond donors (Lipinski definition) is 1. The molecule has 7 heteroatoms. The molecule has 1 aliphatic rings. The molecule has 0 radical (unpaired) electrons. The zero-order valence-electron chi connectivity index (χ0n) is 14.8. The quantitative estimate of drug-likeness (QED) is 0.712. The number of carbonyl (C=O) groups is 1. The van der Waals surface area contributed by atoms with Crippen LogP contribution >= 0.6 is 0 Å². The molecule has 3 aromatic rings. The monoisotopic (exact) mass is 339 g/mol. The molecule has 1 aliphatic carbocycles. The third kappa shape index (κ3) is 2.42. The molecule has 0 aromatic carbocycles. The molecule has 0 aliphatic heterocycles. The van der Waals surface area contributed by atoms with Crippen molar-refractivity contribution in [3.8, 4) is 11.4 Å². The molecule has 0 atom stereocenters. The number of rotatable bonds is 5. The number of fused-ring (bicyclic) bond motifs is 1. The van der Waals surface area contributed by atoms with E-state index in [0.29, 0.717) is 34.4 Å². The Morgan fingerprint density at radius 1 is 1.36 bits per heavy atom. The predicted molar refractivity (Wildman–Crippen MR) is 94.9 cm³/mol. The summed E-state index contributed by atoms with van der Waals surface area (Å²) >= 11 is 0. The Hall–Kier alpha value is -2.70. The lowest BCUT2D eigenvalue weighted by molar-refractivity contribution is 0.101. The van der Waals surface area contributed by atoms with Crippen molar-refractivity contribution in [3.63, 3.8) is 0 Å². The minimum absolute atomic E-state index is 0.0414. The van der Waals surface area contributed by atoms with E-state index in [9.17, 15) is 4.79 Å². The lowest BCUT2D eigenvalue weighted by atomic mass is 10.0. The maximum atomic E-state index is 12.3. The fourth-order valence-corrected chi connectivity index (χ4v) is 3.27. The van der Waals surface area contributed by atoms with E-state index in [4.69, 9.17) is 9.62 Å². The molecule has 0 saturated heterocycles. The summed E-state index contributed by atoms with van der Waals surface area (Å²) in [7, 11) is 1.82. The fraction of sp³-hybridized carbons (Fsp3) is 0.444. The summed E-state index contributed by atoms with van der Waals surface area (Å²) in [4.78, 5) is 16.7. The van der Waals surface area contributed by atoms with Crippen LogP contribution in [0.15, 0.2) is 16.8 Å². The number of carbonyl (C=O) groups excluding carboxylic acids is 1. The summed E-state index contributed by atoms with van der Waals surface area (Å²) in [5, 5.41) is 13.0. The second kappa shape index (κ2) is 5.68. The highest BCUT2D eigenvalue weighted by atomic mass is 16.5. The molecule has 1 saturated carbocycles. The van der Waals surface area contributed by atoms with Gasteiger partial charge in [-0.2, -0.15) is 5.10 Å². The van der Waals surface area contributed by atoms with Crippen molar-refractivity contribution in [2.75, 3.05) is 12.4 Å². The fourth-order valence-electron chi connectivity index (χ4n) is 3.27. The topological polar surface area (TPSA) is 85.8 Å². The van der Waals surface area contributed by atoms with Crippen LogP contribution in [0.5, 0.6) is 0 Å². The van der Waals surface area contributed by atoms with Gasteiger partial charge in [-0.3, -0.25) is 9.48 Å². The van der Waals surface area contributed by atoms with Crippen LogP contribution in [0.4, 0.5) is 5.82 Å². The summed E-state index contributed by atoms with van der Waals surface area (Å²) in [6, 6.07) is 2.10. The summed E-state index contributed by atoms with van der Waals surface area (Å²) in [5.74, 6) is 1.68. The number of pyridine rings is 1. The van der Waals surface area contributed by atoms with Crippen LogP contribution in [0.2, 0.25) is 0 Å². The van der Waals surface area contributed by atoms with E-state index in [1.807, 2.05) is 17.8 Å². The van der Waals surface area contributed by atoms with Crippen molar-refractivity contribution in [1.82, 2.24) is 19.9 Å². The molecule has 0 unspecified atom stereocenters. The first-order valence-corrected chi connectivity index (χ1v) is 8.58. The van der Waals surface area contributed by atoms with Crippen molar-refractivity contribution in [1.29, 1.82) is 0 Å². The molecule has 3 heterocycles. The van der Waals surface area contributed by atoms with E-state index in [1.54, 1.807) is 13.1 Å². The van der Waals surface area contributed by atoms with Gasteiger partial charge in [-0.1, -0.05) is 5.16 Å². The van der Waals surface area contributed by atoms with Gasteiger partial charge in [0, 0.05) is 25.2 Å². The van der Waals surface area contributed by atoms with Crippen LogP contribution in [-0.2, 0) is 0 Å². The third-order valence-electron chi connectivity index (χ3n) is 4.59. The van der Waals surface area contributed by atoms with Crippen molar-refractivity contribution < 1.29 is 9.32 Å². The SMILES string of the molecule is CNc1nccc2c1c(-c1noc(C3CC3)c1C(C)=O)nn2C(C)C. The number of Topliss-reactive ketones (excluding diaryl/α,β-unsaturated/α-hetero) is 1. The Labute approximate surface area is 145 Å². The first kappa shape index (κ1) is 15.8.